The van der Waals surface area contributed by atoms with E-state index in [4.69, 9.17) is 9.47 Å². The second-order valence-corrected chi connectivity index (χ2v) is 6.74. The minimum Gasteiger partial charge on any atom is -0.348 e. The first kappa shape index (κ1) is 18.9. The summed E-state index contributed by atoms with van der Waals surface area (Å²) in [7, 11) is 0. The predicted octanol–water partition coefficient (Wildman–Crippen LogP) is 6.01. The fraction of sp³-hybridized carbons (Fsp3) is 0.429. The van der Waals surface area contributed by atoms with E-state index < -0.39 is 23.7 Å². The van der Waals surface area contributed by atoms with Gasteiger partial charge in [0.05, 0.1) is 13.2 Å². The Morgan fingerprint density at radius 1 is 0.885 bits per heavy atom. The Bertz CT molecular complexity index is 700. The van der Waals surface area contributed by atoms with Crippen molar-refractivity contribution in [2.45, 2.75) is 38.9 Å². The molecular weight excluding hydrogens is 341 g/mol. The molecule has 0 saturated carbocycles. The Labute approximate surface area is 151 Å². The van der Waals surface area contributed by atoms with Crippen LogP contribution in [0, 0.1) is 23.4 Å². The molecule has 2 aromatic rings. The Hall–Kier alpha value is -1.85. The van der Waals surface area contributed by atoms with Crippen LogP contribution in [0.3, 0.4) is 0 Å². The van der Waals surface area contributed by atoms with E-state index in [1.807, 2.05) is 0 Å². The van der Waals surface area contributed by atoms with E-state index in [9.17, 15) is 13.2 Å². The quantitative estimate of drug-likeness (QED) is 0.461. The summed E-state index contributed by atoms with van der Waals surface area (Å²) in [5.74, 6) is -3.42. The standard InChI is InChI=1S/C21H23F3O2/c1-2-3-4-5-14-12-25-21(26-13-14)16-8-6-15(7-9-16)17-10-18(22)20(24)19(23)11-17/h6-11,14,21H,2-5,12-13H2,1H3. The van der Waals surface area contributed by atoms with Gasteiger partial charge in [-0.1, -0.05) is 50.5 Å². The maximum absolute atomic E-state index is 13.4. The van der Waals surface area contributed by atoms with Crippen molar-refractivity contribution >= 4 is 0 Å². The third-order valence-electron chi connectivity index (χ3n) is 4.68. The number of rotatable bonds is 6. The van der Waals surface area contributed by atoms with Gasteiger partial charge in [-0.25, -0.2) is 13.2 Å². The van der Waals surface area contributed by atoms with E-state index in [1.165, 1.54) is 19.3 Å². The van der Waals surface area contributed by atoms with Crippen LogP contribution >= 0.6 is 0 Å². The normalized spacial score (nSPS) is 20.3. The molecule has 2 nitrogen and oxygen atoms in total. The topological polar surface area (TPSA) is 18.5 Å². The number of ether oxygens (including phenoxy) is 2. The molecule has 0 radical (unpaired) electrons. The molecule has 1 heterocycles. The zero-order chi connectivity index (χ0) is 18.5. The average Bonchev–Trinajstić information content (AvgIpc) is 2.67. The molecule has 1 fully saturated rings. The van der Waals surface area contributed by atoms with E-state index in [0.29, 0.717) is 24.7 Å². The molecule has 0 aromatic heterocycles. The summed E-state index contributed by atoms with van der Waals surface area (Å²) in [4.78, 5) is 0. The van der Waals surface area contributed by atoms with E-state index in [2.05, 4.69) is 6.92 Å². The summed E-state index contributed by atoms with van der Waals surface area (Å²) >= 11 is 0. The van der Waals surface area contributed by atoms with Crippen LogP contribution in [0.4, 0.5) is 13.2 Å². The number of halogens is 3. The zero-order valence-corrected chi connectivity index (χ0v) is 14.8. The van der Waals surface area contributed by atoms with Crippen LogP contribution in [0.25, 0.3) is 11.1 Å². The van der Waals surface area contributed by atoms with E-state index in [1.54, 1.807) is 24.3 Å². The van der Waals surface area contributed by atoms with Crippen molar-refractivity contribution in [1.29, 1.82) is 0 Å². The molecule has 0 amide bonds. The molecule has 3 rings (SSSR count). The second kappa shape index (κ2) is 8.69. The zero-order valence-electron chi connectivity index (χ0n) is 14.8. The molecule has 1 aliphatic heterocycles. The van der Waals surface area contributed by atoms with Gasteiger partial charge < -0.3 is 9.47 Å². The molecule has 2 aromatic carbocycles. The third-order valence-corrected chi connectivity index (χ3v) is 4.68. The molecule has 26 heavy (non-hydrogen) atoms. The number of unbranched alkanes of at least 4 members (excludes halogenated alkanes) is 2. The van der Waals surface area contributed by atoms with Gasteiger partial charge in [0.2, 0.25) is 0 Å². The molecule has 0 atom stereocenters. The minimum absolute atomic E-state index is 0.286. The highest BCUT2D eigenvalue weighted by molar-refractivity contribution is 5.64. The van der Waals surface area contributed by atoms with Crippen LogP contribution in [0.1, 0.15) is 44.5 Å². The molecule has 0 N–H and O–H groups in total. The number of benzene rings is 2. The van der Waals surface area contributed by atoms with Crippen LogP contribution in [0.15, 0.2) is 36.4 Å². The summed E-state index contributed by atoms with van der Waals surface area (Å²) in [6.45, 7) is 3.53. The van der Waals surface area contributed by atoms with Crippen molar-refractivity contribution in [3.05, 3.63) is 59.4 Å². The van der Waals surface area contributed by atoms with Gasteiger partial charge in [-0.05, 0) is 29.7 Å². The first-order valence-electron chi connectivity index (χ1n) is 9.06. The fourth-order valence-corrected chi connectivity index (χ4v) is 3.14. The van der Waals surface area contributed by atoms with Crippen LogP contribution in [-0.2, 0) is 9.47 Å². The molecule has 0 bridgehead atoms. The monoisotopic (exact) mass is 364 g/mol. The summed E-state index contributed by atoms with van der Waals surface area (Å²) < 4.78 is 51.5. The SMILES string of the molecule is CCCCCC1COC(c2ccc(-c3cc(F)c(F)c(F)c3)cc2)OC1. The highest BCUT2D eigenvalue weighted by Crippen LogP contribution is 2.30. The van der Waals surface area contributed by atoms with Gasteiger partial charge in [0, 0.05) is 11.5 Å². The lowest BCUT2D eigenvalue weighted by Gasteiger charge is -2.29. The Morgan fingerprint density at radius 3 is 2.08 bits per heavy atom. The third kappa shape index (κ3) is 4.46. The maximum Gasteiger partial charge on any atom is 0.194 e. The maximum atomic E-state index is 13.4. The van der Waals surface area contributed by atoms with Crippen LogP contribution in [-0.4, -0.2) is 13.2 Å². The summed E-state index contributed by atoms with van der Waals surface area (Å²) in [5.41, 5.74) is 1.73. The highest BCUT2D eigenvalue weighted by atomic mass is 19.2. The summed E-state index contributed by atoms with van der Waals surface area (Å²) in [5, 5.41) is 0. The smallest absolute Gasteiger partial charge is 0.194 e. The van der Waals surface area contributed by atoms with Gasteiger partial charge in [-0.2, -0.15) is 0 Å². The van der Waals surface area contributed by atoms with Crippen LogP contribution < -0.4 is 0 Å². The summed E-state index contributed by atoms with van der Waals surface area (Å²) in [6, 6.07) is 9.03. The Balaban J connectivity index is 1.62. The van der Waals surface area contributed by atoms with Crippen molar-refractivity contribution in [3.8, 4) is 11.1 Å². The fourth-order valence-electron chi connectivity index (χ4n) is 3.14. The van der Waals surface area contributed by atoms with Gasteiger partial charge in [-0.15, -0.1) is 0 Å². The first-order chi connectivity index (χ1) is 12.6. The molecule has 5 heteroatoms. The Morgan fingerprint density at radius 2 is 1.50 bits per heavy atom. The molecule has 0 aliphatic carbocycles. The van der Waals surface area contributed by atoms with Gasteiger partial charge in [0.25, 0.3) is 0 Å². The highest BCUT2D eigenvalue weighted by Gasteiger charge is 2.23. The van der Waals surface area contributed by atoms with E-state index in [-0.39, 0.29) is 5.56 Å². The first-order valence-corrected chi connectivity index (χ1v) is 9.06. The van der Waals surface area contributed by atoms with E-state index in [0.717, 1.165) is 24.1 Å². The predicted molar refractivity (Wildman–Crippen MR) is 94.0 cm³/mol. The lowest BCUT2D eigenvalue weighted by molar-refractivity contribution is -0.206. The lowest BCUT2D eigenvalue weighted by atomic mass is 10.0. The van der Waals surface area contributed by atoms with Gasteiger partial charge in [0.1, 0.15) is 0 Å². The number of hydrogen-bond acceptors (Lipinski definition) is 2. The molecule has 0 unspecified atom stereocenters. The van der Waals surface area contributed by atoms with Gasteiger partial charge in [0.15, 0.2) is 23.7 Å². The molecular formula is C21H23F3O2. The van der Waals surface area contributed by atoms with Crippen molar-refractivity contribution in [1.82, 2.24) is 0 Å². The number of hydrogen-bond donors (Lipinski definition) is 0. The molecule has 140 valence electrons. The minimum atomic E-state index is -1.46. The van der Waals surface area contributed by atoms with Gasteiger partial charge in [-0.3, -0.25) is 0 Å². The molecule has 1 saturated heterocycles. The van der Waals surface area contributed by atoms with Gasteiger partial charge >= 0.3 is 0 Å². The van der Waals surface area contributed by atoms with E-state index >= 15 is 0 Å². The Kier molecular flexibility index (Phi) is 6.33. The van der Waals surface area contributed by atoms with Crippen molar-refractivity contribution in [3.63, 3.8) is 0 Å². The largest absolute Gasteiger partial charge is 0.348 e. The van der Waals surface area contributed by atoms with Crippen molar-refractivity contribution < 1.29 is 22.6 Å². The van der Waals surface area contributed by atoms with Crippen LogP contribution in [0.5, 0.6) is 0 Å². The molecule has 0 spiro atoms. The summed E-state index contributed by atoms with van der Waals surface area (Å²) in [6.07, 6.45) is 4.31. The lowest BCUT2D eigenvalue weighted by Crippen LogP contribution is -2.27. The average molecular weight is 364 g/mol. The molecule has 1 aliphatic rings. The van der Waals surface area contributed by atoms with Crippen molar-refractivity contribution in [2.75, 3.05) is 13.2 Å². The van der Waals surface area contributed by atoms with Crippen LogP contribution in [0.2, 0.25) is 0 Å². The second-order valence-electron chi connectivity index (χ2n) is 6.74. The van der Waals surface area contributed by atoms with Crippen molar-refractivity contribution in [2.24, 2.45) is 5.92 Å².